The molecule has 0 atom stereocenters. The summed E-state index contributed by atoms with van der Waals surface area (Å²) in [5, 5.41) is 25.7. The van der Waals surface area contributed by atoms with Gasteiger partial charge in [-0.2, -0.15) is 5.26 Å². The lowest BCUT2D eigenvalue weighted by atomic mass is 10.1. The fourth-order valence-electron chi connectivity index (χ4n) is 1.80. The van der Waals surface area contributed by atoms with Crippen LogP contribution < -0.4 is 4.74 Å². The molecule has 1 N–H and O–H groups in total. The van der Waals surface area contributed by atoms with Gasteiger partial charge in [0.1, 0.15) is 17.5 Å². The average molecular weight is 258 g/mol. The fourth-order valence-corrected chi connectivity index (χ4v) is 1.80. The van der Waals surface area contributed by atoms with Crippen molar-refractivity contribution in [2.45, 2.75) is 13.0 Å². The zero-order chi connectivity index (χ0) is 13.7. The predicted molar refractivity (Wildman–Crippen MR) is 68.4 cm³/mol. The Morgan fingerprint density at radius 3 is 2.68 bits per heavy atom. The minimum Gasteiger partial charge on any atom is -0.497 e. The smallest absolute Gasteiger partial charge is 0.190 e. The van der Waals surface area contributed by atoms with Crippen LogP contribution in [0.4, 0.5) is 0 Å². The van der Waals surface area contributed by atoms with Crippen molar-refractivity contribution in [2.75, 3.05) is 13.7 Å². The quantitative estimate of drug-likeness (QED) is 0.871. The van der Waals surface area contributed by atoms with Gasteiger partial charge in [-0.3, -0.25) is 0 Å². The molecule has 0 aliphatic carbocycles. The minimum absolute atomic E-state index is 0.0732. The molecule has 0 bridgehead atoms. The van der Waals surface area contributed by atoms with Crippen molar-refractivity contribution >= 4 is 0 Å². The molecule has 0 fully saturated rings. The lowest BCUT2D eigenvalue weighted by molar-refractivity contribution is 0.276. The summed E-state index contributed by atoms with van der Waals surface area (Å²) < 4.78 is 6.74. The van der Waals surface area contributed by atoms with Crippen LogP contribution in [-0.2, 0) is 6.54 Å². The fraction of sp³-hybridized carbons (Fsp3) is 0.308. The highest BCUT2D eigenvalue weighted by Gasteiger charge is 2.14. The Bertz CT molecular complexity index is 584. The summed E-state index contributed by atoms with van der Waals surface area (Å²) in [5.74, 6) is 0.747. The van der Waals surface area contributed by atoms with Crippen molar-refractivity contribution in [1.82, 2.24) is 15.0 Å². The molecule has 6 heteroatoms. The normalized spacial score (nSPS) is 10.2. The van der Waals surface area contributed by atoms with Gasteiger partial charge in [-0.1, -0.05) is 5.21 Å². The summed E-state index contributed by atoms with van der Waals surface area (Å²) in [4.78, 5) is 0. The van der Waals surface area contributed by atoms with Gasteiger partial charge in [0.2, 0.25) is 0 Å². The second-order valence-electron chi connectivity index (χ2n) is 3.93. The molecular weight excluding hydrogens is 244 g/mol. The predicted octanol–water partition coefficient (Wildman–Crippen LogP) is 1.21. The molecular formula is C13H14N4O2. The highest BCUT2D eigenvalue weighted by Crippen LogP contribution is 2.24. The third kappa shape index (κ3) is 2.72. The van der Waals surface area contributed by atoms with Crippen molar-refractivity contribution in [3.63, 3.8) is 0 Å². The molecule has 2 rings (SSSR count). The maximum Gasteiger partial charge on any atom is 0.190 e. The number of methoxy groups -OCH3 is 1. The third-order valence-electron chi connectivity index (χ3n) is 2.73. The highest BCUT2D eigenvalue weighted by atomic mass is 16.5. The molecule has 0 aliphatic heterocycles. The largest absolute Gasteiger partial charge is 0.497 e. The van der Waals surface area contributed by atoms with Crippen LogP contribution in [0.3, 0.4) is 0 Å². The number of hydrogen-bond acceptors (Lipinski definition) is 5. The molecule has 1 aromatic carbocycles. The molecule has 0 unspecified atom stereocenters. The molecule has 19 heavy (non-hydrogen) atoms. The SMILES string of the molecule is COc1ccc(-c2c(C#N)nnn2CCCO)cc1. The van der Waals surface area contributed by atoms with Crippen LogP contribution in [0.15, 0.2) is 24.3 Å². The second-order valence-corrected chi connectivity index (χ2v) is 3.93. The summed E-state index contributed by atoms with van der Waals surface area (Å²) in [6.45, 7) is 0.594. The van der Waals surface area contributed by atoms with Crippen LogP contribution in [0.25, 0.3) is 11.3 Å². The molecule has 0 aliphatic rings. The van der Waals surface area contributed by atoms with E-state index in [4.69, 9.17) is 15.1 Å². The average Bonchev–Trinajstić information content (AvgIpc) is 2.88. The van der Waals surface area contributed by atoms with E-state index >= 15 is 0 Å². The van der Waals surface area contributed by atoms with Gasteiger partial charge in [0.15, 0.2) is 5.69 Å². The number of benzene rings is 1. The Balaban J connectivity index is 2.40. The molecule has 6 nitrogen and oxygen atoms in total. The van der Waals surface area contributed by atoms with Crippen LogP contribution >= 0.6 is 0 Å². The van der Waals surface area contributed by atoms with Crippen molar-refractivity contribution in [3.05, 3.63) is 30.0 Å². The lowest BCUT2D eigenvalue weighted by Gasteiger charge is -2.06. The van der Waals surface area contributed by atoms with E-state index in [0.717, 1.165) is 11.3 Å². The number of ether oxygens (including phenoxy) is 1. The Morgan fingerprint density at radius 1 is 1.37 bits per heavy atom. The Morgan fingerprint density at radius 2 is 2.11 bits per heavy atom. The Hall–Kier alpha value is -2.39. The maximum absolute atomic E-state index is 9.08. The number of hydrogen-bond donors (Lipinski definition) is 1. The first-order valence-electron chi connectivity index (χ1n) is 5.89. The second kappa shape index (κ2) is 5.98. The molecule has 2 aromatic rings. The number of nitrogens with zero attached hydrogens (tertiary/aromatic N) is 4. The van der Waals surface area contributed by atoms with Crippen LogP contribution in [0.1, 0.15) is 12.1 Å². The topological polar surface area (TPSA) is 84.0 Å². The van der Waals surface area contributed by atoms with E-state index in [-0.39, 0.29) is 12.3 Å². The number of aromatic nitrogens is 3. The van der Waals surface area contributed by atoms with Crippen molar-refractivity contribution in [3.8, 4) is 23.1 Å². The van der Waals surface area contributed by atoms with E-state index < -0.39 is 0 Å². The first kappa shape index (κ1) is 13.1. The van der Waals surface area contributed by atoms with E-state index in [2.05, 4.69) is 10.3 Å². The molecule has 0 spiro atoms. The van der Waals surface area contributed by atoms with Crippen molar-refractivity contribution in [1.29, 1.82) is 5.26 Å². The Labute approximate surface area is 110 Å². The molecule has 0 amide bonds. The van der Waals surface area contributed by atoms with Gasteiger partial charge in [0.05, 0.1) is 7.11 Å². The summed E-state index contributed by atoms with van der Waals surface area (Å²) in [5.41, 5.74) is 1.79. The molecule has 0 saturated heterocycles. The maximum atomic E-state index is 9.08. The van der Waals surface area contributed by atoms with Gasteiger partial charge >= 0.3 is 0 Å². The van der Waals surface area contributed by atoms with Crippen molar-refractivity contribution in [2.24, 2.45) is 0 Å². The molecule has 0 saturated carbocycles. The number of aryl methyl sites for hydroxylation is 1. The Kier molecular flexibility index (Phi) is 4.11. The monoisotopic (exact) mass is 258 g/mol. The zero-order valence-electron chi connectivity index (χ0n) is 10.6. The molecule has 1 heterocycles. The first-order valence-corrected chi connectivity index (χ1v) is 5.89. The third-order valence-corrected chi connectivity index (χ3v) is 2.73. The summed E-state index contributed by atoms with van der Waals surface area (Å²) in [7, 11) is 1.60. The summed E-state index contributed by atoms with van der Waals surface area (Å²) >= 11 is 0. The number of nitriles is 1. The van der Waals surface area contributed by atoms with Gasteiger partial charge in [0, 0.05) is 18.7 Å². The van der Waals surface area contributed by atoms with Gasteiger partial charge in [-0.15, -0.1) is 5.10 Å². The first-order chi connectivity index (χ1) is 9.30. The molecule has 1 aromatic heterocycles. The van der Waals surface area contributed by atoms with Crippen LogP contribution in [0, 0.1) is 11.3 Å². The molecule has 0 radical (unpaired) electrons. The number of aliphatic hydroxyl groups excluding tert-OH is 1. The minimum atomic E-state index is 0.0732. The van der Waals surface area contributed by atoms with Crippen LogP contribution in [0.5, 0.6) is 5.75 Å². The van der Waals surface area contributed by atoms with E-state index in [0.29, 0.717) is 18.7 Å². The van der Waals surface area contributed by atoms with E-state index in [1.54, 1.807) is 11.8 Å². The van der Waals surface area contributed by atoms with Gasteiger partial charge < -0.3 is 9.84 Å². The van der Waals surface area contributed by atoms with E-state index in [9.17, 15) is 0 Å². The number of rotatable bonds is 5. The summed E-state index contributed by atoms with van der Waals surface area (Å²) in [6, 6.07) is 9.38. The standard InChI is InChI=1S/C13H14N4O2/c1-19-11-5-3-10(4-6-11)13-12(9-14)15-16-17(13)7-2-8-18/h3-6,18H,2,7-8H2,1H3. The summed E-state index contributed by atoms with van der Waals surface area (Å²) in [6.07, 6.45) is 0.567. The van der Waals surface area contributed by atoms with Gasteiger partial charge in [-0.25, -0.2) is 4.68 Å². The van der Waals surface area contributed by atoms with Crippen LogP contribution in [0.2, 0.25) is 0 Å². The lowest BCUT2D eigenvalue weighted by Crippen LogP contribution is -2.04. The van der Waals surface area contributed by atoms with Gasteiger partial charge in [0.25, 0.3) is 0 Å². The van der Waals surface area contributed by atoms with E-state index in [1.807, 2.05) is 30.3 Å². The number of aliphatic hydroxyl groups is 1. The zero-order valence-corrected chi connectivity index (χ0v) is 10.6. The van der Waals surface area contributed by atoms with Gasteiger partial charge in [-0.05, 0) is 30.7 Å². The highest BCUT2D eigenvalue weighted by molar-refractivity contribution is 5.65. The van der Waals surface area contributed by atoms with Crippen LogP contribution in [-0.4, -0.2) is 33.8 Å². The molecule has 98 valence electrons. The van der Waals surface area contributed by atoms with E-state index in [1.165, 1.54) is 0 Å². The van der Waals surface area contributed by atoms with Crippen molar-refractivity contribution < 1.29 is 9.84 Å².